The van der Waals surface area contributed by atoms with Crippen molar-refractivity contribution >= 4 is 12.0 Å². The number of hydrogen-bond donors (Lipinski definition) is 1. The first-order valence-corrected chi connectivity index (χ1v) is 9.62. The van der Waals surface area contributed by atoms with Gasteiger partial charge in [0.1, 0.15) is 11.5 Å². The second kappa shape index (κ2) is 8.69. The molecule has 150 valence electrons. The maximum absolute atomic E-state index is 14.0. The number of aliphatic imine (C=N–C) groups is 1. The molecule has 1 saturated carbocycles. The van der Waals surface area contributed by atoms with Crippen molar-refractivity contribution in [2.75, 3.05) is 19.6 Å². The molecule has 6 heteroatoms. The van der Waals surface area contributed by atoms with E-state index in [1.54, 1.807) is 13.0 Å². The average molecular weight is 386 g/mol. The Morgan fingerprint density at radius 3 is 2.68 bits per heavy atom. The lowest BCUT2D eigenvalue weighted by atomic mass is 10.0. The van der Waals surface area contributed by atoms with Crippen molar-refractivity contribution in [3.05, 3.63) is 53.7 Å². The van der Waals surface area contributed by atoms with Gasteiger partial charge >= 0.3 is 0 Å². The van der Waals surface area contributed by atoms with Gasteiger partial charge in [-0.2, -0.15) is 0 Å². The topological polar surface area (TPSA) is 62.1 Å². The molecule has 2 aliphatic rings. The number of likely N-dealkylation sites (tertiary alicyclic amines) is 1. The lowest BCUT2D eigenvalue weighted by molar-refractivity contribution is -0.116. The van der Waals surface area contributed by atoms with Crippen molar-refractivity contribution in [2.45, 2.75) is 32.8 Å². The molecular weight excluding hydrogens is 359 g/mol. The van der Waals surface area contributed by atoms with Crippen LogP contribution >= 0.6 is 0 Å². The van der Waals surface area contributed by atoms with E-state index < -0.39 is 0 Å². The zero-order chi connectivity index (χ0) is 20.3. The number of aliphatic hydroxyl groups excluding tert-OH is 1. The van der Waals surface area contributed by atoms with Gasteiger partial charge in [-0.1, -0.05) is 12.6 Å². The highest BCUT2D eigenvalue weighted by Crippen LogP contribution is 2.40. The molecule has 0 aromatic heterocycles. The van der Waals surface area contributed by atoms with Crippen molar-refractivity contribution in [3.63, 3.8) is 0 Å². The van der Waals surface area contributed by atoms with E-state index in [1.807, 2.05) is 13.0 Å². The minimum absolute atomic E-state index is 0.000657. The summed E-state index contributed by atoms with van der Waals surface area (Å²) in [4.78, 5) is 18.3. The van der Waals surface area contributed by atoms with Crippen LogP contribution in [0.5, 0.6) is 5.75 Å². The first kappa shape index (κ1) is 20.3. The molecule has 0 radical (unpaired) electrons. The van der Waals surface area contributed by atoms with Gasteiger partial charge in [-0.3, -0.25) is 9.69 Å². The molecule has 1 N–H and O–H groups in total. The normalized spacial score (nSPS) is 25.2. The lowest BCUT2D eigenvalue weighted by Crippen LogP contribution is -2.30. The summed E-state index contributed by atoms with van der Waals surface area (Å²) in [5, 5.41) is 9.36. The fourth-order valence-corrected chi connectivity index (χ4v) is 4.03. The molecule has 1 heterocycles. The Hall–Kier alpha value is -2.47. The van der Waals surface area contributed by atoms with Crippen LogP contribution in [0, 0.1) is 24.6 Å². The van der Waals surface area contributed by atoms with E-state index in [9.17, 15) is 14.3 Å². The lowest BCUT2D eigenvalue weighted by Gasteiger charge is -2.19. The fraction of sp³-hybridized carbons (Fsp3) is 0.455. The van der Waals surface area contributed by atoms with E-state index >= 15 is 0 Å². The highest BCUT2D eigenvalue weighted by atomic mass is 19.1. The number of ether oxygens (including phenoxy) is 1. The number of benzene rings is 1. The first-order chi connectivity index (χ1) is 13.4. The number of ketones is 1. The summed E-state index contributed by atoms with van der Waals surface area (Å²) < 4.78 is 19.9. The quantitative estimate of drug-likeness (QED) is 0.439. The van der Waals surface area contributed by atoms with Crippen LogP contribution in [0.15, 0.2) is 47.3 Å². The Labute approximate surface area is 165 Å². The van der Waals surface area contributed by atoms with Gasteiger partial charge in [-0.15, -0.1) is 0 Å². The van der Waals surface area contributed by atoms with Gasteiger partial charge < -0.3 is 9.84 Å². The molecule has 1 aliphatic carbocycles. The zero-order valence-corrected chi connectivity index (χ0v) is 16.4. The Morgan fingerprint density at radius 1 is 1.39 bits per heavy atom. The second-order valence-corrected chi connectivity index (χ2v) is 7.70. The molecule has 3 rings (SSSR count). The Bertz CT molecular complexity index is 804. The number of aliphatic hydroxyl groups is 1. The van der Waals surface area contributed by atoms with Crippen molar-refractivity contribution in [1.29, 1.82) is 0 Å². The smallest absolute Gasteiger partial charge is 0.194 e. The molecule has 0 bridgehead atoms. The molecule has 0 amide bonds. The molecule has 2 fully saturated rings. The van der Waals surface area contributed by atoms with Gasteiger partial charge in [0.05, 0.1) is 18.9 Å². The molecule has 28 heavy (non-hydrogen) atoms. The third-order valence-electron chi connectivity index (χ3n) is 5.50. The van der Waals surface area contributed by atoms with Crippen molar-refractivity contribution in [2.24, 2.45) is 16.8 Å². The number of aryl methyl sites for hydroxylation is 1. The van der Waals surface area contributed by atoms with E-state index in [2.05, 4.69) is 16.5 Å². The molecule has 1 aromatic rings. The standard InChI is InChI=1S/C22H27FN2O3/c1-4-18(26)10-24-15(3)21(27)13-25-11-16-8-19(9-17(16)12-25)28-22-6-5-14(2)7-20(22)23/h4-7,10,16-17,19,26H,3,8-9,11-13H2,1-2H3/b18-4+,24-10-/t16-,17+,19+. The van der Waals surface area contributed by atoms with Crippen LogP contribution in [0.4, 0.5) is 4.39 Å². The monoisotopic (exact) mass is 386 g/mol. The van der Waals surface area contributed by atoms with Gasteiger partial charge in [-0.25, -0.2) is 9.38 Å². The van der Waals surface area contributed by atoms with E-state index in [0.29, 0.717) is 17.6 Å². The Kier molecular flexibility index (Phi) is 6.29. The number of carbonyl (C=O) groups is 1. The Balaban J connectivity index is 1.48. The number of hydrogen-bond acceptors (Lipinski definition) is 5. The zero-order valence-electron chi connectivity index (χ0n) is 16.4. The summed E-state index contributed by atoms with van der Waals surface area (Å²) in [6, 6.07) is 5.04. The Morgan fingerprint density at radius 2 is 2.07 bits per heavy atom. The van der Waals surface area contributed by atoms with Crippen LogP contribution in [0.25, 0.3) is 0 Å². The number of rotatable bonds is 7. The van der Waals surface area contributed by atoms with Crippen molar-refractivity contribution < 1.29 is 19.0 Å². The number of nitrogens with zero attached hydrogens (tertiary/aromatic N) is 2. The van der Waals surface area contributed by atoms with Crippen LogP contribution < -0.4 is 4.74 Å². The highest BCUT2D eigenvalue weighted by molar-refractivity contribution is 5.98. The minimum Gasteiger partial charge on any atom is -0.507 e. The fourth-order valence-electron chi connectivity index (χ4n) is 4.03. The summed E-state index contributed by atoms with van der Waals surface area (Å²) in [6.07, 6.45) is 4.48. The summed E-state index contributed by atoms with van der Waals surface area (Å²) in [5.41, 5.74) is 1.02. The van der Waals surface area contributed by atoms with Crippen LogP contribution in [-0.4, -0.2) is 47.7 Å². The third-order valence-corrected chi connectivity index (χ3v) is 5.50. The molecule has 3 atom stereocenters. The molecule has 1 aliphatic heterocycles. The van der Waals surface area contributed by atoms with Crippen LogP contribution in [0.3, 0.4) is 0 Å². The van der Waals surface area contributed by atoms with Gasteiger partial charge in [-0.05, 0) is 62.3 Å². The van der Waals surface area contributed by atoms with Crippen molar-refractivity contribution in [3.8, 4) is 5.75 Å². The summed E-state index contributed by atoms with van der Waals surface area (Å²) >= 11 is 0. The van der Waals surface area contributed by atoms with E-state index in [1.165, 1.54) is 18.4 Å². The number of fused-ring (bicyclic) bond motifs is 1. The van der Waals surface area contributed by atoms with E-state index in [0.717, 1.165) is 31.5 Å². The van der Waals surface area contributed by atoms with E-state index in [4.69, 9.17) is 4.74 Å². The molecule has 1 saturated heterocycles. The molecule has 0 unspecified atom stereocenters. The predicted octanol–water partition coefficient (Wildman–Crippen LogP) is 3.84. The summed E-state index contributed by atoms with van der Waals surface area (Å²) in [5.74, 6) is 0.772. The molecule has 5 nitrogen and oxygen atoms in total. The first-order valence-electron chi connectivity index (χ1n) is 9.62. The van der Waals surface area contributed by atoms with Crippen LogP contribution in [0.1, 0.15) is 25.3 Å². The van der Waals surface area contributed by atoms with Gasteiger partial charge in [0, 0.05) is 13.1 Å². The SMILES string of the molecule is C=C(/N=C\C(O)=C/C)C(=O)CN1C[C@H]2C[C@H](Oc3ccc(C)cc3F)C[C@H]2C1. The third kappa shape index (κ3) is 4.87. The largest absolute Gasteiger partial charge is 0.507 e. The predicted molar refractivity (Wildman–Crippen MR) is 107 cm³/mol. The molecule has 0 spiro atoms. The van der Waals surface area contributed by atoms with Crippen molar-refractivity contribution in [1.82, 2.24) is 4.90 Å². The van der Waals surface area contributed by atoms with Gasteiger partial charge in [0.25, 0.3) is 0 Å². The van der Waals surface area contributed by atoms with Crippen LogP contribution in [-0.2, 0) is 4.79 Å². The number of carbonyl (C=O) groups excluding carboxylic acids is 1. The number of allylic oxidation sites excluding steroid dienone is 2. The summed E-state index contributed by atoms with van der Waals surface area (Å²) in [6.45, 7) is 9.14. The van der Waals surface area contributed by atoms with E-state index in [-0.39, 0.29) is 35.7 Å². The second-order valence-electron chi connectivity index (χ2n) is 7.70. The number of halogens is 1. The molecular formula is C22H27FN2O3. The number of Topliss-reactive ketones (excluding diaryl/α,β-unsaturated/α-hetero) is 1. The maximum Gasteiger partial charge on any atom is 0.194 e. The maximum atomic E-state index is 14.0. The van der Waals surface area contributed by atoms with Crippen LogP contribution in [0.2, 0.25) is 0 Å². The highest BCUT2D eigenvalue weighted by Gasteiger charge is 2.42. The minimum atomic E-state index is -0.313. The molecule has 1 aromatic carbocycles. The summed E-state index contributed by atoms with van der Waals surface area (Å²) in [7, 11) is 0. The van der Waals surface area contributed by atoms with Gasteiger partial charge in [0.2, 0.25) is 0 Å². The average Bonchev–Trinajstić information content (AvgIpc) is 3.19. The van der Waals surface area contributed by atoms with Gasteiger partial charge in [0.15, 0.2) is 17.3 Å².